The Labute approximate surface area is 57.0 Å². The minimum absolute atomic E-state index is 1.05. The molecule has 0 aliphatic heterocycles. The Balaban J connectivity index is 2.18. The van der Waals surface area contributed by atoms with Crippen molar-refractivity contribution in [2.75, 3.05) is 0 Å². The van der Waals surface area contributed by atoms with E-state index >= 15 is 0 Å². The van der Waals surface area contributed by atoms with Gasteiger partial charge in [0, 0.05) is 0 Å². The second-order valence-electron chi connectivity index (χ2n) is 3.60. The van der Waals surface area contributed by atoms with Gasteiger partial charge >= 0.3 is 0 Å². The van der Waals surface area contributed by atoms with Gasteiger partial charge in [0.15, 0.2) is 0 Å². The van der Waals surface area contributed by atoms with Gasteiger partial charge in [-0.2, -0.15) is 0 Å². The zero-order chi connectivity index (χ0) is 6.43. The van der Waals surface area contributed by atoms with Crippen molar-refractivity contribution in [2.24, 2.45) is 11.8 Å². The van der Waals surface area contributed by atoms with Gasteiger partial charge in [-0.3, -0.25) is 0 Å². The van der Waals surface area contributed by atoms with Crippen molar-refractivity contribution in [3.8, 4) is 0 Å². The fraction of sp³-hybridized carbons (Fsp3) is 0.778. The molecular weight excluding hydrogens is 108 g/mol. The molecular formula is C9H14. The zero-order valence-electron chi connectivity index (χ0n) is 6.28. The van der Waals surface area contributed by atoms with E-state index in [-0.39, 0.29) is 0 Å². The standard InChI is InChI=1S/C9H14/c1-6(2)9-7-4-3-5-8(7)9/h7-8H,3-5H2,1-2H3. The number of hydrogen-bond donors (Lipinski definition) is 0. The highest BCUT2D eigenvalue weighted by Crippen LogP contribution is 2.58. The summed E-state index contributed by atoms with van der Waals surface area (Å²) in [5, 5.41) is 0. The molecule has 50 valence electrons. The second-order valence-corrected chi connectivity index (χ2v) is 3.60. The molecule has 2 atom stereocenters. The molecule has 0 nitrogen and oxygen atoms in total. The SMILES string of the molecule is CC(C)=C1C2CCCC12. The van der Waals surface area contributed by atoms with Gasteiger partial charge in [0.05, 0.1) is 0 Å². The van der Waals surface area contributed by atoms with Crippen LogP contribution in [0.1, 0.15) is 33.1 Å². The number of rotatable bonds is 0. The van der Waals surface area contributed by atoms with Crippen molar-refractivity contribution >= 4 is 0 Å². The van der Waals surface area contributed by atoms with Crippen LogP contribution in [0.3, 0.4) is 0 Å². The highest BCUT2D eigenvalue weighted by molar-refractivity contribution is 5.35. The van der Waals surface area contributed by atoms with E-state index in [0.717, 1.165) is 11.8 Å². The third-order valence-corrected chi connectivity index (χ3v) is 2.78. The Kier molecular flexibility index (Phi) is 0.992. The molecule has 0 spiro atoms. The van der Waals surface area contributed by atoms with Crippen LogP contribution in [0.15, 0.2) is 11.1 Å². The van der Waals surface area contributed by atoms with Crippen LogP contribution in [0.5, 0.6) is 0 Å². The Morgan fingerprint density at radius 3 is 2.11 bits per heavy atom. The molecule has 0 aromatic heterocycles. The van der Waals surface area contributed by atoms with Crippen LogP contribution in [0, 0.1) is 11.8 Å². The summed E-state index contributed by atoms with van der Waals surface area (Å²) < 4.78 is 0. The average Bonchev–Trinajstić information content (AvgIpc) is 2.30. The minimum atomic E-state index is 1.05. The highest BCUT2D eigenvalue weighted by atomic mass is 14.5. The van der Waals surface area contributed by atoms with Gasteiger partial charge in [0.1, 0.15) is 0 Å². The first-order chi connectivity index (χ1) is 4.30. The lowest BCUT2D eigenvalue weighted by atomic mass is 10.1. The topological polar surface area (TPSA) is 0 Å². The maximum absolute atomic E-state index is 2.26. The molecule has 0 radical (unpaired) electrons. The smallest absolute Gasteiger partial charge is 0.0132 e. The summed E-state index contributed by atoms with van der Waals surface area (Å²) >= 11 is 0. The Morgan fingerprint density at radius 1 is 1.22 bits per heavy atom. The predicted molar refractivity (Wildman–Crippen MR) is 39.2 cm³/mol. The van der Waals surface area contributed by atoms with Crippen LogP contribution in [-0.2, 0) is 0 Å². The largest absolute Gasteiger partial charge is 0.0766 e. The van der Waals surface area contributed by atoms with Crippen LogP contribution in [-0.4, -0.2) is 0 Å². The normalized spacial score (nSPS) is 38.7. The lowest BCUT2D eigenvalue weighted by molar-refractivity contribution is 0.788. The summed E-state index contributed by atoms with van der Waals surface area (Å²) in [7, 11) is 0. The van der Waals surface area contributed by atoms with Crippen LogP contribution < -0.4 is 0 Å². The van der Waals surface area contributed by atoms with Crippen molar-refractivity contribution in [2.45, 2.75) is 33.1 Å². The van der Waals surface area contributed by atoms with Crippen molar-refractivity contribution in [1.29, 1.82) is 0 Å². The summed E-state index contributed by atoms with van der Waals surface area (Å²) in [6.45, 7) is 4.52. The van der Waals surface area contributed by atoms with Gasteiger partial charge in [-0.15, -0.1) is 0 Å². The molecule has 0 amide bonds. The lowest BCUT2D eigenvalue weighted by Gasteiger charge is -1.92. The lowest BCUT2D eigenvalue weighted by Crippen LogP contribution is -1.74. The molecule has 0 aromatic carbocycles. The van der Waals surface area contributed by atoms with Gasteiger partial charge in [-0.05, 0) is 38.5 Å². The van der Waals surface area contributed by atoms with E-state index in [1.165, 1.54) is 19.3 Å². The second kappa shape index (κ2) is 1.62. The summed E-state index contributed by atoms with van der Waals surface area (Å²) in [5.74, 6) is 2.10. The number of allylic oxidation sites excluding steroid dienone is 2. The fourth-order valence-corrected chi connectivity index (χ4v) is 2.39. The van der Waals surface area contributed by atoms with E-state index in [1.807, 2.05) is 0 Å². The van der Waals surface area contributed by atoms with E-state index in [2.05, 4.69) is 13.8 Å². The summed E-state index contributed by atoms with van der Waals surface area (Å²) in [5.41, 5.74) is 3.41. The highest BCUT2D eigenvalue weighted by Gasteiger charge is 2.47. The number of fused-ring (bicyclic) bond motifs is 1. The summed E-state index contributed by atoms with van der Waals surface area (Å²) in [6.07, 6.45) is 4.47. The van der Waals surface area contributed by atoms with E-state index < -0.39 is 0 Å². The maximum atomic E-state index is 2.26. The first-order valence-electron chi connectivity index (χ1n) is 3.98. The third-order valence-electron chi connectivity index (χ3n) is 2.78. The van der Waals surface area contributed by atoms with Crippen LogP contribution >= 0.6 is 0 Å². The van der Waals surface area contributed by atoms with Crippen molar-refractivity contribution in [3.05, 3.63) is 11.1 Å². The molecule has 0 aromatic rings. The number of hydrogen-bond acceptors (Lipinski definition) is 0. The van der Waals surface area contributed by atoms with Gasteiger partial charge in [-0.1, -0.05) is 17.6 Å². The molecule has 0 saturated heterocycles. The maximum Gasteiger partial charge on any atom is -0.0132 e. The van der Waals surface area contributed by atoms with E-state index in [4.69, 9.17) is 0 Å². The summed E-state index contributed by atoms with van der Waals surface area (Å²) in [4.78, 5) is 0. The first kappa shape index (κ1) is 5.52. The van der Waals surface area contributed by atoms with E-state index in [0.29, 0.717) is 0 Å². The Hall–Kier alpha value is -0.260. The van der Waals surface area contributed by atoms with Crippen molar-refractivity contribution in [3.63, 3.8) is 0 Å². The van der Waals surface area contributed by atoms with Gasteiger partial charge in [0.2, 0.25) is 0 Å². The Morgan fingerprint density at radius 2 is 1.78 bits per heavy atom. The molecule has 0 N–H and O–H groups in total. The third kappa shape index (κ3) is 0.654. The van der Waals surface area contributed by atoms with Crippen LogP contribution in [0.2, 0.25) is 0 Å². The monoisotopic (exact) mass is 122 g/mol. The molecule has 0 heterocycles. The minimum Gasteiger partial charge on any atom is -0.0766 e. The predicted octanol–water partition coefficient (Wildman–Crippen LogP) is 2.75. The molecule has 0 heteroatoms. The van der Waals surface area contributed by atoms with Crippen LogP contribution in [0.25, 0.3) is 0 Å². The quantitative estimate of drug-likeness (QED) is 0.433. The van der Waals surface area contributed by atoms with Gasteiger partial charge < -0.3 is 0 Å². The van der Waals surface area contributed by atoms with Crippen molar-refractivity contribution < 1.29 is 0 Å². The van der Waals surface area contributed by atoms with E-state index in [1.54, 1.807) is 11.1 Å². The first-order valence-corrected chi connectivity index (χ1v) is 3.98. The molecule has 2 aliphatic rings. The van der Waals surface area contributed by atoms with Gasteiger partial charge in [-0.25, -0.2) is 0 Å². The van der Waals surface area contributed by atoms with E-state index in [9.17, 15) is 0 Å². The molecule has 2 unspecified atom stereocenters. The average molecular weight is 122 g/mol. The molecule has 2 fully saturated rings. The fourth-order valence-electron chi connectivity index (χ4n) is 2.39. The zero-order valence-corrected chi connectivity index (χ0v) is 6.28. The molecule has 0 bridgehead atoms. The molecule has 9 heavy (non-hydrogen) atoms. The Bertz CT molecular complexity index is 149. The van der Waals surface area contributed by atoms with Gasteiger partial charge in [0.25, 0.3) is 0 Å². The van der Waals surface area contributed by atoms with Crippen molar-refractivity contribution in [1.82, 2.24) is 0 Å². The summed E-state index contributed by atoms with van der Waals surface area (Å²) in [6, 6.07) is 0. The molecule has 2 rings (SSSR count). The molecule has 2 saturated carbocycles. The van der Waals surface area contributed by atoms with Crippen LogP contribution in [0.4, 0.5) is 0 Å². The molecule has 2 aliphatic carbocycles.